The number of rotatable bonds is 4. The second-order valence-corrected chi connectivity index (χ2v) is 6.55. The molecule has 3 rings (SSSR count). The van der Waals surface area contributed by atoms with Gasteiger partial charge in [-0.25, -0.2) is 0 Å². The average molecular weight is 314 g/mol. The molecule has 1 aromatic carbocycles. The van der Waals surface area contributed by atoms with E-state index in [1.807, 2.05) is 0 Å². The zero-order valence-corrected chi connectivity index (χ0v) is 12.5. The minimum Gasteiger partial charge on any atom is -0.387 e. The van der Waals surface area contributed by atoms with Gasteiger partial charge in [-0.15, -0.1) is 0 Å². The molecule has 0 aromatic heterocycles. The quantitative estimate of drug-likeness (QED) is 0.897. The highest BCUT2D eigenvalue weighted by Crippen LogP contribution is 2.57. The Morgan fingerprint density at radius 1 is 1.35 bits per heavy atom. The molecular weight excluding hydrogens is 297 g/mol. The summed E-state index contributed by atoms with van der Waals surface area (Å²) in [4.78, 5) is 12.0. The molecule has 2 N–H and O–H groups in total. The second kappa shape index (κ2) is 5.55. The van der Waals surface area contributed by atoms with E-state index in [9.17, 15) is 9.90 Å². The Morgan fingerprint density at radius 3 is 2.70 bits per heavy atom. The van der Waals surface area contributed by atoms with Gasteiger partial charge in [0.1, 0.15) is 0 Å². The lowest BCUT2D eigenvalue weighted by atomic mass is 10.1. The van der Waals surface area contributed by atoms with E-state index in [1.54, 1.807) is 18.2 Å². The number of halogens is 2. The van der Waals surface area contributed by atoms with Crippen molar-refractivity contribution in [3.05, 3.63) is 33.8 Å². The van der Waals surface area contributed by atoms with Gasteiger partial charge in [0.2, 0.25) is 5.91 Å². The van der Waals surface area contributed by atoms with Crippen LogP contribution in [0.2, 0.25) is 10.0 Å². The van der Waals surface area contributed by atoms with Gasteiger partial charge in [0.25, 0.3) is 0 Å². The summed E-state index contributed by atoms with van der Waals surface area (Å²) in [5.41, 5.74) is 0.590. The number of amides is 1. The molecule has 0 saturated heterocycles. The molecule has 5 heteroatoms. The summed E-state index contributed by atoms with van der Waals surface area (Å²) in [6.45, 7) is 0.191. The highest BCUT2D eigenvalue weighted by atomic mass is 35.5. The van der Waals surface area contributed by atoms with E-state index in [2.05, 4.69) is 5.32 Å². The lowest BCUT2D eigenvalue weighted by Gasteiger charge is -2.14. The topological polar surface area (TPSA) is 49.3 Å². The van der Waals surface area contributed by atoms with E-state index >= 15 is 0 Å². The summed E-state index contributed by atoms with van der Waals surface area (Å²) in [7, 11) is 0. The molecule has 2 aliphatic rings. The third kappa shape index (κ3) is 2.67. The second-order valence-electron chi connectivity index (χ2n) is 5.71. The third-order valence-electron chi connectivity index (χ3n) is 4.50. The van der Waals surface area contributed by atoms with E-state index in [-0.39, 0.29) is 18.4 Å². The molecular formula is C15H17Cl2NO2. The predicted octanol–water partition coefficient (Wildman–Crippen LogP) is 3.19. The fourth-order valence-electron chi connectivity index (χ4n) is 3.41. The number of carbonyl (C=O) groups is 1. The van der Waals surface area contributed by atoms with Crippen LogP contribution >= 0.6 is 23.2 Å². The smallest absolute Gasteiger partial charge is 0.223 e. The molecule has 108 valence electrons. The molecule has 2 saturated carbocycles. The van der Waals surface area contributed by atoms with Crippen molar-refractivity contribution in [1.82, 2.24) is 5.32 Å². The van der Waals surface area contributed by atoms with Gasteiger partial charge in [-0.05, 0) is 36.8 Å². The lowest BCUT2D eigenvalue weighted by molar-refractivity contribution is -0.123. The van der Waals surface area contributed by atoms with Crippen LogP contribution in [-0.4, -0.2) is 17.6 Å². The van der Waals surface area contributed by atoms with Crippen LogP contribution in [0.5, 0.6) is 0 Å². The maximum atomic E-state index is 12.0. The fourth-order valence-corrected chi connectivity index (χ4v) is 3.94. The monoisotopic (exact) mass is 313 g/mol. The first-order valence-electron chi connectivity index (χ1n) is 6.98. The van der Waals surface area contributed by atoms with Crippen LogP contribution in [0.1, 0.15) is 30.9 Å². The number of fused-ring (bicyclic) bond motifs is 1. The third-order valence-corrected chi connectivity index (χ3v) is 5.06. The van der Waals surface area contributed by atoms with Crippen LogP contribution in [0.25, 0.3) is 0 Å². The molecule has 1 amide bonds. The number of nitrogens with one attached hydrogen (secondary N) is 1. The highest BCUT2D eigenvalue weighted by molar-refractivity contribution is 6.35. The largest absolute Gasteiger partial charge is 0.387 e. The summed E-state index contributed by atoms with van der Waals surface area (Å²) < 4.78 is 0. The van der Waals surface area contributed by atoms with E-state index in [0.29, 0.717) is 27.4 Å². The number of aliphatic hydroxyl groups excluding tert-OH is 1. The van der Waals surface area contributed by atoms with Crippen molar-refractivity contribution in [3.63, 3.8) is 0 Å². The predicted molar refractivity (Wildman–Crippen MR) is 78.8 cm³/mol. The minimum atomic E-state index is -0.803. The standard InChI is InChI=1S/C15H17Cl2NO2/c16-8-4-5-11(12(17)6-8)13(19)7-18-15(20)14-9-2-1-3-10(9)14/h4-6,9-10,13-14,19H,1-3,7H2,(H,18,20)/t9-,10+,13-,14?/m0/s1. The molecule has 2 aliphatic carbocycles. The lowest BCUT2D eigenvalue weighted by Crippen LogP contribution is -2.30. The average Bonchev–Trinajstić information content (AvgIpc) is 2.89. The van der Waals surface area contributed by atoms with Crippen molar-refractivity contribution in [3.8, 4) is 0 Å². The van der Waals surface area contributed by atoms with E-state index in [1.165, 1.54) is 19.3 Å². The van der Waals surface area contributed by atoms with Crippen molar-refractivity contribution >= 4 is 29.1 Å². The Bertz CT molecular complexity index is 525. The normalized spacial score (nSPS) is 28.9. The molecule has 0 heterocycles. The number of hydrogen-bond donors (Lipinski definition) is 2. The van der Waals surface area contributed by atoms with E-state index in [4.69, 9.17) is 23.2 Å². The number of aliphatic hydroxyl groups is 1. The van der Waals surface area contributed by atoms with Gasteiger partial charge in [-0.1, -0.05) is 35.7 Å². The number of hydrogen-bond acceptors (Lipinski definition) is 2. The van der Waals surface area contributed by atoms with Crippen molar-refractivity contribution in [2.75, 3.05) is 6.54 Å². The van der Waals surface area contributed by atoms with Gasteiger partial charge in [0.05, 0.1) is 6.10 Å². The molecule has 0 spiro atoms. The maximum Gasteiger partial charge on any atom is 0.223 e. The minimum absolute atomic E-state index is 0.0730. The summed E-state index contributed by atoms with van der Waals surface area (Å²) in [6, 6.07) is 4.96. The van der Waals surface area contributed by atoms with Gasteiger partial charge in [-0.2, -0.15) is 0 Å². The summed E-state index contributed by atoms with van der Waals surface area (Å²) in [5, 5.41) is 13.9. The first-order chi connectivity index (χ1) is 9.58. The van der Waals surface area contributed by atoms with Gasteiger partial charge < -0.3 is 10.4 Å². The van der Waals surface area contributed by atoms with Gasteiger partial charge >= 0.3 is 0 Å². The van der Waals surface area contributed by atoms with Crippen molar-refractivity contribution < 1.29 is 9.90 Å². The first kappa shape index (κ1) is 14.2. The molecule has 0 bridgehead atoms. The fraction of sp³-hybridized carbons (Fsp3) is 0.533. The zero-order chi connectivity index (χ0) is 14.3. The summed E-state index contributed by atoms with van der Waals surface area (Å²) in [6.07, 6.45) is 2.80. The van der Waals surface area contributed by atoms with Crippen molar-refractivity contribution in [2.24, 2.45) is 17.8 Å². The number of carbonyl (C=O) groups excluding carboxylic acids is 1. The molecule has 20 heavy (non-hydrogen) atoms. The van der Waals surface area contributed by atoms with Gasteiger partial charge in [-0.3, -0.25) is 4.79 Å². The Kier molecular flexibility index (Phi) is 3.93. The molecule has 0 radical (unpaired) electrons. The van der Waals surface area contributed by atoms with Gasteiger partial charge in [0, 0.05) is 28.1 Å². The van der Waals surface area contributed by atoms with Crippen LogP contribution in [0.4, 0.5) is 0 Å². The highest BCUT2D eigenvalue weighted by Gasteiger charge is 2.56. The molecule has 1 aromatic rings. The van der Waals surface area contributed by atoms with Gasteiger partial charge in [0.15, 0.2) is 0 Å². The Hall–Kier alpha value is -0.770. The van der Waals surface area contributed by atoms with Crippen molar-refractivity contribution in [1.29, 1.82) is 0 Å². The molecule has 0 aliphatic heterocycles. The Balaban J connectivity index is 1.54. The first-order valence-corrected chi connectivity index (χ1v) is 7.74. The summed E-state index contributed by atoms with van der Waals surface area (Å²) >= 11 is 11.9. The van der Waals surface area contributed by atoms with Crippen LogP contribution in [0.3, 0.4) is 0 Å². The molecule has 4 atom stereocenters. The number of benzene rings is 1. The van der Waals surface area contributed by atoms with E-state index < -0.39 is 6.10 Å². The van der Waals surface area contributed by atoms with Crippen LogP contribution in [0.15, 0.2) is 18.2 Å². The van der Waals surface area contributed by atoms with Crippen LogP contribution in [-0.2, 0) is 4.79 Å². The SMILES string of the molecule is O=C(NC[C@H](O)c1ccc(Cl)cc1Cl)C1[C@H]2CCC[C@@H]12. The Morgan fingerprint density at radius 2 is 2.05 bits per heavy atom. The van der Waals surface area contributed by atoms with Crippen LogP contribution in [0, 0.1) is 17.8 Å². The molecule has 3 nitrogen and oxygen atoms in total. The zero-order valence-electron chi connectivity index (χ0n) is 11.0. The maximum absolute atomic E-state index is 12.0. The molecule has 1 unspecified atom stereocenters. The van der Waals surface area contributed by atoms with Crippen molar-refractivity contribution in [2.45, 2.75) is 25.4 Å². The molecule has 2 fully saturated rings. The van der Waals surface area contributed by atoms with Crippen LogP contribution < -0.4 is 5.32 Å². The Labute approximate surface area is 128 Å². The van der Waals surface area contributed by atoms with E-state index in [0.717, 1.165) is 0 Å². The summed E-state index contributed by atoms with van der Waals surface area (Å²) in [5.74, 6) is 1.43.